The van der Waals surface area contributed by atoms with Gasteiger partial charge in [0, 0.05) is 10.9 Å². The van der Waals surface area contributed by atoms with Crippen LogP contribution in [0.25, 0.3) is 10.8 Å². The monoisotopic (exact) mass is 488 g/mol. The number of rotatable bonds is 5. The summed E-state index contributed by atoms with van der Waals surface area (Å²) in [6.45, 7) is 8.19. The number of anilines is 5. The summed E-state index contributed by atoms with van der Waals surface area (Å²) in [5.74, 6) is 1.83. The number of fused-ring (bicyclic) bond motifs is 3. The number of carbonyl (C=O) groups excluding carboxylic acids is 1. The van der Waals surface area contributed by atoms with Gasteiger partial charge in [-0.3, -0.25) is 14.6 Å². The number of nitrogens with zero attached hydrogens (tertiary/aromatic N) is 4. The van der Waals surface area contributed by atoms with Crippen molar-refractivity contribution in [3.8, 4) is 6.07 Å². The zero-order chi connectivity index (χ0) is 25.6. The third-order valence-electron chi connectivity index (χ3n) is 7.28. The molecule has 1 amide bonds. The van der Waals surface area contributed by atoms with Crippen LogP contribution in [0, 0.1) is 11.3 Å². The number of aromatic amines is 1. The third kappa shape index (κ3) is 3.86. The van der Waals surface area contributed by atoms with Crippen LogP contribution in [-0.4, -0.2) is 55.3 Å². The third-order valence-corrected chi connectivity index (χ3v) is 7.28. The molecule has 2 aromatic heterocycles. The Hall–Kier alpha value is -3.94. The van der Waals surface area contributed by atoms with Crippen molar-refractivity contribution < 1.29 is 19.8 Å². The number of nitriles is 1. The van der Waals surface area contributed by atoms with Gasteiger partial charge in [0.15, 0.2) is 0 Å². The summed E-state index contributed by atoms with van der Waals surface area (Å²) in [5.41, 5.74) is 15.8. The molecule has 0 aliphatic carbocycles. The molecule has 0 radical (unpaired) electrons. The molecule has 1 fully saturated rings. The van der Waals surface area contributed by atoms with Gasteiger partial charge in [-0.15, -0.1) is 0 Å². The van der Waals surface area contributed by atoms with Gasteiger partial charge in [0.2, 0.25) is 17.5 Å². The largest absolute Gasteiger partial charge is 0.391 e. The molecular weight excluding hydrogens is 456 g/mol. The maximum atomic E-state index is 13.3. The number of hydrogen-bond donors (Lipinski definition) is 4. The summed E-state index contributed by atoms with van der Waals surface area (Å²) in [5, 5.41) is 20.6. The van der Waals surface area contributed by atoms with E-state index < -0.39 is 0 Å². The topological polar surface area (TPSA) is 151 Å². The molecule has 186 valence electrons. The molecule has 4 heterocycles. The molecule has 2 aliphatic heterocycles. The number of aliphatic hydroxyl groups is 1. The molecule has 1 saturated heterocycles. The molecule has 0 unspecified atom stereocenters. The molecule has 3 aromatic rings. The molecule has 0 atom stereocenters. The number of nitrogens with two attached hydrogens (primary N) is 2. The number of quaternary nitrogens is 1. The van der Waals surface area contributed by atoms with Crippen LogP contribution in [0.3, 0.4) is 0 Å². The SMILES string of the molecule is CC(C)c1ccc(N2C(=O)Cc3c2nc(N)c2c(N)[nH+]c(N4CC[NH+](CCO)CC4)c(C#N)c32)cc1. The highest BCUT2D eigenvalue weighted by atomic mass is 16.3. The van der Waals surface area contributed by atoms with Gasteiger partial charge in [-0.2, -0.15) is 5.26 Å². The van der Waals surface area contributed by atoms with Gasteiger partial charge in [-0.25, -0.2) is 9.97 Å². The number of amides is 1. The van der Waals surface area contributed by atoms with Crippen LogP contribution in [0.2, 0.25) is 0 Å². The van der Waals surface area contributed by atoms with Crippen LogP contribution in [0.4, 0.5) is 29.0 Å². The molecule has 0 saturated carbocycles. The number of aliphatic hydroxyl groups excluding tert-OH is 1. The summed E-state index contributed by atoms with van der Waals surface area (Å²) in [6.07, 6.45) is 0.108. The number of nitrogen functional groups attached to an aromatic ring is 2. The van der Waals surface area contributed by atoms with Crippen LogP contribution in [0.1, 0.15) is 36.5 Å². The number of pyridine rings is 2. The Kier molecular flexibility index (Phi) is 6.12. The van der Waals surface area contributed by atoms with E-state index in [1.807, 2.05) is 24.3 Å². The molecular formula is C26H32N8O2+2. The van der Waals surface area contributed by atoms with E-state index in [-0.39, 0.29) is 24.8 Å². The number of piperazine rings is 1. The van der Waals surface area contributed by atoms with E-state index in [1.165, 1.54) is 10.5 Å². The van der Waals surface area contributed by atoms with Crippen LogP contribution in [0.15, 0.2) is 24.3 Å². The Balaban J connectivity index is 1.64. The molecule has 36 heavy (non-hydrogen) atoms. The Morgan fingerprint density at radius 2 is 1.89 bits per heavy atom. The van der Waals surface area contributed by atoms with Crippen molar-refractivity contribution in [1.82, 2.24) is 4.98 Å². The normalized spacial score (nSPS) is 16.1. The fourth-order valence-corrected chi connectivity index (χ4v) is 5.32. The lowest BCUT2D eigenvalue weighted by Gasteiger charge is -2.30. The summed E-state index contributed by atoms with van der Waals surface area (Å²) in [7, 11) is 0. The molecule has 1 aromatic carbocycles. The predicted molar refractivity (Wildman–Crippen MR) is 138 cm³/mol. The molecule has 10 heteroatoms. The minimum atomic E-state index is -0.125. The van der Waals surface area contributed by atoms with E-state index in [4.69, 9.17) is 11.5 Å². The highest BCUT2D eigenvalue weighted by molar-refractivity contribution is 6.15. The van der Waals surface area contributed by atoms with Crippen molar-refractivity contribution in [2.45, 2.75) is 26.2 Å². The van der Waals surface area contributed by atoms with E-state index >= 15 is 0 Å². The van der Waals surface area contributed by atoms with Crippen molar-refractivity contribution >= 4 is 45.6 Å². The first-order chi connectivity index (χ1) is 17.3. The maximum Gasteiger partial charge on any atom is 0.240 e. The quantitative estimate of drug-likeness (QED) is 0.398. The fourth-order valence-electron chi connectivity index (χ4n) is 5.32. The average Bonchev–Trinajstić information content (AvgIpc) is 3.19. The lowest BCUT2D eigenvalue weighted by Crippen LogP contribution is -3.15. The van der Waals surface area contributed by atoms with E-state index in [1.54, 1.807) is 4.90 Å². The smallest absolute Gasteiger partial charge is 0.240 e. The van der Waals surface area contributed by atoms with Crippen LogP contribution < -0.4 is 31.2 Å². The summed E-state index contributed by atoms with van der Waals surface area (Å²) >= 11 is 0. The number of aromatic nitrogens is 2. The highest BCUT2D eigenvalue weighted by Gasteiger charge is 2.37. The second kappa shape index (κ2) is 9.26. The summed E-state index contributed by atoms with van der Waals surface area (Å²) in [4.78, 5) is 26.1. The van der Waals surface area contributed by atoms with Crippen molar-refractivity contribution in [1.29, 1.82) is 5.26 Å². The van der Waals surface area contributed by atoms with Crippen molar-refractivity contribution in [2.24, 2.45) is 0 Å². The number of hydrogen-bond acceptors (Lipinski definition) is 7. The molecule has 5 rings (SSSR count). The van der Waals surface area contributed by atoms with Gasteiger partial charge >= 0.3 is 0 Å². The number of benzene rings is 1. The minimum Gasteiger partial charge on any atom is -0.391 e. The second-order valence-electron chi connectivity index (χ2n) is 9.79. The van der Waals surface area contributed by atoms with Crippen molar-refractivity contribution in [3.63, 3.8) is 0 Å². The number of carbonyl (C=O) groups is 1. The van der Waals surface area contributed by atoms with E-state index in [2.05, 4.69) is 34.8 Å². The first kappa shape index (κ1) is 23.8. The van der Waals surface area contributed by atoms with Gasteiger partial charge in [-0.1, -0.05) is 26.0 Å². The Morgan fingerprint density at radius 1 is 1.19 bits per heavy atom. The fraction of sp³-hybridized carbons (Fsp3) is 0.385. The molecule has 2 aliphatic rings. The van der Waals surface area contributed by atoms with Gasteiger partial charge in [0.25, 0.3) is 0 Å². The lowest BCUT2D eigenvalue weighted by atomic mass is 10.00. The Bertz CT molecular complexity index is 1370. The zero-order valence-corrected chi connectivity index (χ0v) is 20.6. The molecule has 7 N–H and O–H groups in total. The molecule has 10 nitrogen and oxygen atoms in total. The van der Waals surface area contributed by atoms with E-state index in [0.29, 0.717) is 70.6 Å². The molecule has 0 spiro atoms. The number of nitrogens with one attached hydrogen (secondary N) is 2. The minimum absolute atomic E-state index is 0.108. The Labute approximate surface area is 209 Å². The highest BCUT2D eigenvalue weighted by Crippen LogP contribution is 2.43. The van der Waals surface area contributed by atoms with Crippen LogP contribution in [-0.2, 0) is 11.2 Å². The Morgan fingerprint density at radius 3 is 2.50 bits per heavy atom. The van der Waals surface area contributed by atoms with Crippen LogP contribution >= 0.6 is 0 Å². The first-order valence-electron chi connectivity index (χ1n) is 12.3. The summed E-state index contributed by atoms with van der Waals surface area (Å²) < 4.78 is 0. The van der Waals surface area contributed by atoms with E-state index in [9.17, 15) is 15.2 Å². The lowest BCUT2D eigenvalue weighted by molar-refractivity contribution is -0.901. The van der Waals surface area contributed by atoms with Gasteiger partial charge < -0.3 is 21.5 Å². The van der Waals surface area contributed by atoms with Gasteiger partial charge in [0.05, 0.1) is 24.1 Å². The molecule has 0 bridgehead atoms. The van der Waals surface area contributed by atoms with Crippen molar-refractivity contribution in [3.05, 3.63) is 41.0 Å². The van der Waals surface area contributed by atoms with Gasteiger partial charge in [0.1, 0.15) is 56.0 Å². The second-order valence-corrected chi connectivity index (χ2v) is 9.79. The zero-order valence-electron chi connectivity index (χ0n) is 20.6. The maximum absolute atomic E-state index is 13.3. The standard InChI is InChI=1S/C26H30N8O2/c1-15(2)16-3-5-17(6-4-16)34-20(36)13-18-21-19(14-27)25(33-9-7-32(8-10-33)11-12-35)30-23(28)22(21)24(29)31-26(18)34/h3-6,15,35H,7-13H2,1-2H3,(H2,28,30)(H2,29,31)/p+2. The number of H-pyrrole nitrogens is 1. The average molecular weight is 489 g/mol. The van der Waals surface area contributed by atoms with E-state index in [0.717, 1.165) is 13.1 Å². The van der Waals surface area contributed by atoms with Gasteiger partial charge in [-0.05, 0) is 23.6 Å². The summed E-state index contributed by atoms with van der Waals surface area (Å²) in [6, 6.07) is 10.2. The first-order valence-corrected chi connectivity index (χ1v) is 12.3. The predicted octanol–water partition coefficient (Wildman–Crippen LogP) is 0.126. The van der Waals surface area contributed by atoms with Crippen LogP contribution in [0.5, 0.6) is 0 Å². The van der Waals surface area contributed by atoms with Crippen molar-refractivity contribution in [2.75, 3.05) is 60.6 Å².